The van der Waals surface area contributed by atoms with Crippen LogP contribution in [0.5, 0.6) is 0 Å². The lowest BCUT2D eigenvalue weighted by Gasteiger charge is -2.08. The fourth-order valence-corrected chi connectivity index (χ4v) is 2.52. The third-order valence-corrected chi connectivity index (χ3v) is 3.88. The number of rotatable bonds is 5. The van der Waals surface area contributed by atoms with Crippen molar-refractivity contribution < 1.29 is 9.59 Å². The van der Waals surface area contributed by atoms with E-state index in [1.165, 1.54) is 0 Å². The first-order valence-corrected chi connectivity index (χ1v) is 8.04. The monoisotopic (exact) mass is 333 g/mol. The Kier molecular flexibility index (Phi) is 4.95. The van der Waals surface area contributed by atoms with E-state index in [4.69, 9.17) is 5.73 Å². The van der Waals surface area contributed by atoms with Crippen LogP contribution in [0, 0.1) is 0 Å². The van der Waals surface area contributed by atoms with E-state index in [1.54, 1.807) is 30.3 Å². The van der Waals surface area contributed by atoms with Crippen LogP contribution >= 0.6 is 0 Å². The van der Waals surface area contributed by atoms with Crippen molar-refractivity contribution in [2.45, 2.75) is 0 Å². The van der Waals surface area contributed by atoms with Crippen LogP contribution in [0.25, 0.3) is 10.8 Å². The average Bonchev–Trinajstić information content (AvgIpc) is 2.65. The van der Waals surface area contributed by atoms with Gasteiger partial charge in [-0.15, -0.1) is 0 Å². The molecule has 5 nitrogen and oxygen atoms in total. The quantitative estimate of drug-likeness (QED) is 0.496. The van der Waals surface area contributed by atoms with E-state index >= 15 is 0 Å². The van der Waals surface area contributed by atoms with Crippen molar-refractivity contribution in [3.8, 4) is 0 Å². The molecule has 4 N–H and O–H groups in total. The van der Waals surface area contributed by atoms with Crippen molar-refractivity contribution in [2.75, 3.05) is 18.8 Å². The largest absolute Gasteiger partial charge is 0.399 e. The summed E-state index contributed by atoms with van der Waals surface area (Å²) in [7, 11) is 0. The van der Waals surface area contributed by atoms with Crippen LogP contribution in [0.1, 0.15) is 20.7 Å². The second kappa shape index (κ2) is 7.49. The molecule has 0 spiro atoms. The van der Waals surface area contributed by atoms with Crippen molar-refractivity contribution in [2.24, 2.45) is 0 Å². The lowest BCUT2D eigenvalue weighted by molar-refractivity contribution is 0.0928. The molecule has 3 rings (SSSR count). The number of amides is 2. The highest BCUT2D eigenvalue weighted by Gasteiger charge is 2.07. The minimum absolute atomic E-state index is 0.160. The molecule has 0 heterocycles. The van der Waals surface area contributed by atoms with Gasteiger partial charge in [0.15, 0.2) is 0 Å². The van der Waals surface area contributed by atoms with Gasteiger partial charge in [0.25, 0.3) is 11.8 Å². The van der Waals surface area contributed by atoms with Gasteiger partial charge in [-0.1, -0.05) is 30.3 Å². The lowest BCUT2D eigenvalue weighted by atomic mass is 10.1. The molecule has 0 unspecified atom stereocenters. The van der Waals surface area contributed by atoms with Crippen molar-refractivity contribution >= 4 is 28.3 Å². The minimum Gasteiger partial charge on any atom is -0.399 e. The Morgan fingerprint density at radius 2 is 1.28 bits per heavy atom. The van der Waals surface area contributed by atoms with E-state index in [2.05, 4.69) is 10.6 Å². The Hall–Kier alpha value is -3.34. The van der Waals surface area contributed by atoms with Gasteiger partial charge in [-0.05, 0) is 47.2 Å². The minimum atomic E-state index is -0.194. The van der Waals surface area contributed by atoms with Crippen LogP contribution in [-0.2, 0) is 0 Å². The highest BCUT2D eigenvalue weighted by atomic mass is 16.2. The summed E-state index contributed by atoms with van der Waals surface area (Å²) in [4.78, 5) is 24.2. The van der Waals surface area contributed by atoms with Crippen molar-refractivity contribution in [1.82, 2.24) is 10.6 Å². The zero-order valence-electron chi connectivity index (χ0n) is 13.7. The number of carbonyl (C=O) groups is 2. The van der Waals surface area contributed by atoms with E-state index in [9.17, 15) is 9.59 Å². The highest BCUT2D eigenvalue weighted by molar-refractivity contribution is 5.98. The van der Waals surface area contributed by atoms with Gasteiger partial charge in [0.2, 0.25) is 0 Å². The van der Waals surface area contributed by atoms with Crippen LogP contribution in [0.15, 0.2) is 66.7 Å². The van der Waals surface area contributed by atoms with Crippen LogP contribution in [0.3, 0.4) is 0 Å². The zero-order chi connectivity index (χ0) is 17.6. The normalized spacial score (nSPS) is 10.4. The maximum absolute atomic E-state index is 12.2. The Morgan fingerprint density at radius 3 is 1.96 bits per heavy atom. The fourth-order valence-electron chi connectivity index (χ4n) is 2.52. The number of nitrogens with one attached hydrogen (secondary N) is 2. The molecule has 0 bridgehead atoms. The summed E-state index contributed by atoms with van der Waals surface area (Å²) in [5.74, 6) is -0.354. The molecule has 0 aliphatic carbocycles. The summed E-state index contributed by atoms with van der Waals surface area (Å²) in [6.07, 6.45) is 0. The van der Waals surface area contributed by atoms with Gasteiger partial charge in [0, 0.05) is 29.9 Å². The van der Waals surface area contributed by atoms with E-state index in [-0.39, 0.29) is 11.8 Å². The number of anilines is 1. The van der Waals surface area contributed by atoms with Gasteiger partial charge in [-0.2, -0.15) is 0 Å². The molecule has 3 aromatic carbocycles. The Morgan fingerprint density at radius 1 is 0.720 bits per heavy atom. The van der Waals surface area contributed by atoms with Crippen molar-refractivity contribution in [3.05, 3.63) is 77.9 Å². The molecule has 0 radical (unpaired) electrons. The number of fused-ring (bicyclic) bond motifs is 1. The summed E-state index contributed by atoms with van der Waals surface area (Å²) in [5, 5.41) is 7.68. The van der Waals surface area contributed by atoms with Gasteiger partial charge in [-0.3, -0.25) is 9.59 Å². The smallest absolute Gasteiger partial charge is 0.251 e. The standard InChI is InChI=1S/C20H19N3O2/c21-18-9-7-15(8-10-18)19(24)22-11-12-23-20(25)17-6-5-14-3-1-2-4-16(14)13-17/h1-10,13H,11-12,21H2,(H,22,24)(H,23,25). The molecule has 25 heavy (non-hydrogen) atoms. The lowest BCUT2D eigenvalue weighted by Crippen LogP contribution is -2.34. The van der Waals surface area contributed by atoms with E-state index in [0.29, 0.717) is 29.9 Å². The SMILES string of the molecule is Nc1ccc(C(=O)NCCNC(=O)c2ccc3ccccc3c2)cc1. The maximum atomic E-state index is 12.2. The van der Waals surface area contributed by atoms with Crippen LogP contribution in [-0.4, -0.2) is 24.9 Å². The molecule has 0 aromatic heterocycles. The molecule has 0 aliphatic heterocycles. The first-order chi connectivity index (χ1) is 12.1. The Balaban J connectivity index is 1.50. The molecule has 0 saturated heterocycles. The first kappa shape index (κ1) is 16.5. The molecule has 2 amide bonds. The summed E-state index contributed by atoms with van der Waals surface area (Å²) >= 11 is 0. The highest BCUT2D eigenvalue weighted by Crippen LogP contribution is 2.15. The fraction of sp³-hybridized carbons (Fsp3) is 0.100. The van der Waals surface area contributed by atoms with Gasteiger partial charge < -0.3 is 16.4 Å². The molecule has 5 heteroatoms. The first-order valence-electron chi connectivity index (χ1n) is 8.04. The van der Waals surface area contributed by atoms with Crippen LogP contribution in [0.2, 0.25) is 0 Å². The van der Waals surface area contributed by atoms with Crippen LogP contribution in [0.4, 0.5) is 5.69 Å². The average molecular weight is 333 g/mol. The molecule has 0 atom stereocenters. The number of hydrogen-bond acceptors (Lipinski definition) is 3. The summed E-state index contributed by atoms with van der Waals surface area (Å²) in [5.41, 5.74) is 7.34. The van der Waals surface area contributed by atoms with E-state index < -0.39 is 0 Å². The maximum Gasteiger partial charge on any atom is 0.251 e. The number of carbonyl (C=O) groups excluding carboxylic acids is 2. The number of hydrogen-bond donors (Lipinski definition) is 3. The molecule has 0 aliphatic rings. The summed E-state index contributed by atoms with van der Waals surface area (Å²) < 4.78 is 0. The van der Waals surface area contributed by atoms with Gasteiger partial charge in [-0.25, -0.2) is 0 Å². The number of benzene rings is 3. The zero-order valence-corrected chi connectivity index (χ0v) is 13.7. The molecule has 0 fully saturated rings. The van der Waals surface area contributed by atoms with Crippen LogP contribution < -0.4 is 16.4 Å². The molecule has 126 valence electrons. The number of nitrogen functional groups attached to an aromatic ring is 1. The third kappa shape index (κ3) is 4.14. The van der Waals surface area contributed by atoms with Crippen molar-refractivity contribution in [3.63, 3.8) is 0 Å². The molecule has 3 aromatic rings. The third-order valence-electron chi connectivity index (χ3n) is 3.88. The Bertz CT molecular complexity index is 904. The van der Waals surface area contributed by atoms with E-state index in [1.807, 2.05) is 36.4 Å². The summed E-state index contributed by atoms with van der Waals surface area (Å²) in [6.45, 7) is 0.703. The predicted molar refractivity (Wildman–Crippen MR) is 99.5 cm³/mol. The second-order valence-electron chi connectivity index (χ2n) is 5.70. The summed E-state index contributed by atoms with van der Waals surface area (Å²) in [6, 6.07) is 20.1. The molecule has 0 saturated carbocycles. The van der Waals surface area contributed by atoms with E-state index in [0.717, 1.165) is 10.8 Å². The Labute approximate surface area is 145 Å². The second-order valence-corrected chi connectivity index (χ2v) is 5.70. The molecular formula is C20H19N3O2. The molecular weight excluding hydrogens is 314 g/mol. The van der Waals surface area contributed by atoms with Gasteiger partial charge in [0.1, 0.15) is 0 Å². The van der Waals surface area contributed by atoms with Gasteiger partial charge in [0.05, 0.1) is 0 Å². The van der Waals surface area contributed by atoms with Gasteiger partial charge >= 0.3 is 0 Å². The topological polar surface area (TPSA) is 84.2 Å². The van der Waals surface area contributed by atoms with Crippen molar-refractivity contribution in [1.29, 1.82) is 0 Å². The number of nitrogens with two attached hydrogens (primary N) is 1. The predicted octanol–water partition coefficient (Wildman–Crippen LogP) is 2.58.